The van der Waals surface area contributed by atoms with Crippen LogP contribution in [0, 0.1) is 0 Å². The number of aliphatic carboxylic acids is 1. The highest BCUT2D eigenvalue weighted by atomic mass is 16.4. The van der Waals surface area contributed by atoms with Gasteiger partial charge in [-0.2, -0.15) is 0 Å². The van der Waals surface area contributed by atoms with Crippen LogP contribution in [0.15, 0.2) is 36.9 Å². The number of rotatable bonds is 4. The quantitative estimate of drug-likeness (QED) is 0.731. The Morgan fingerprint density at radius 1 is 1.33 bits per heavy atom. The number of carbonyl (C=O) groups excluding carboxylic acids is 1. The van der Waals surface area contributed by atoms with Gasteiger partial charge in [0.15, 0.2) is 0 Å². The van der Waals surface area contributed by atoms with Crippen molar-refractivity contribution in [2.45, 2.75) is 6.42 Å². The van der Waals surface area contributed by atoms with Gasteiger partial charge in [0.2, 0.25) is 5.91 Å². The van der Waals surface area contributed by atoms with Crippen molar-refractivity contribution >= 4 is 17.6 Å². The van der Waals surface area contributed by atoms with E-state index in [0.717, 1.165) is 0 Å². The van der Waals surface area contributed by atoms with Crippen LogP contribution in [0.4, 0.5) is 5.69 Å². The number of carboxylic acid groups (broad SMARTS) is 1. The topological polar surface area (TPSA) is 66.4 Å². The van der Waals surface area contributed by atoms with Crippen molar-refractivity contribution in [2.75, 3.05) is 5.32 Å². The summed E-state index contributed by atoms with van der Waals surface area (Å²) in [4.78, 5) is 21.3. The minimum Gasteiger partial charge on any atom is -0.481 e. The molecular formula is C11H11NO3. The molecule has 0 saturated carbocycles. The van der Waals surface area contributed by atoms with Gasteiger partial charge in [0, 0.05) is 5.69 Å². The molecule has 0 aliphatic rings. The Morgan fingerprint density at radius 2 is 1.93 bits per heavy atom. The first-order chi connectivity index (χ1) is 7.11. The highest BCUT2D eigenvalue weighted by Gasteiger charge is 2.01. The maximum Gasteiger partial charge on any atom is 0.307 e. The lowest BCUT2D eigenvalue weighted by molar-refractivity contribution is -0.136. The summed E-state index contributed by atoms with van der Waals surface area (Å²) in [6.45, 7) is 3.32. The van der Waals surface area contributed by atoms with Crippen LogP contribution in [-0.2, 0) is 16.0 Å². The molecule has 0 atom stereocenters. The molecule has 1 aromatic carbocycles. The van der Waals surface area contributed by atoms with Crippen molar-refractivity contribution < 1.29 is 14.7 Å². The minimum atomic E-state index is -0.877. The number of carbonyl (C=O) groups is 2. The fourth-order valence-corrected chi connectivity index (χ4v) is 1.07. The van der Waals surface area contributed by atoms with Crippen molar-refractivity contribution in [1.82, 2.24) is 0 Å². The second-order valence-corrected chi connectivity index (χ2v) is 2.96. The predicted octanol–water partition coefficient (Wildman–Crippen LogP) is 1.44. The Balaban J connectivity index is 2.67. The molecule has 1 amide bonds. The van der Waals surface area contributed by atoms with E-state index in [4.69, 9.17) is 5.11 Å². The molecule has 2 N–H and O–H groups in total. The Labute approximate surface area is 87.2 Å². The highest BCUT2D eigenvalue weighted by Crippen LogP contribution is 2.09. The summed E-state index contributed by atoms with van der Waals surface area (Å²) in [6.07, 6.45) is 1.15. The van der Waals surface area contributed by atoms with Gasteiger partial charge >= 0.3 is 5.97 Å². The molecule has 78 valence electrons. The monoisotopic (exact) mass is 205 g/mol. The molecule has 1 rings (SSSR count). The van der Waals surface area contributed by atoms with E-state index >= 15 is 0 Å². The zero-order valence-corrected chi connectivity index (χ0v) is 8.06. The van der Waals surface area contributed by atoms with E-state index in [9.17, 15) is 9.59 Å². The Morgan fingerprint density at radius 3 is 2.40 bits per heavy atom. The third-order valence-electron chi connectivity index (χ3n) is 1.76. The molecule has 4 nitrogen and oxygen atoms in total. The average molecular weight is 205 g/mol. The SMILES string of the molecule is C=CC(=O)Nc1ccc(CC(=O)O)cc1. The molecule has 0 aliphatic heterocycles. The molecule has 0 radical (unpaired) electrons. The van der Waals surface area contributed by atoms with Crippen LogP contribution in [0.3, 0.4) is 0 Å². The van der Waals surface area contributed by atoms with Crippen LogP contribution in [0.5, 0.6) is 0 Å². The predicted molar refractivity (Wildman–Crippen MR) is 56.6 cm³/mol. The number of benzene rings is 1. The number of amides is 1. The van der Waals surface area contributed by atoms with Gasteiger partial charge in [0.25, 0.3) is 0 Å². The summed E-state index contributed by atoms with van der Waals surface area (Å²) in [5.74, 6) is -1.17. The largest absolute Gasteiger partial charge is 0.481 e. The lowest BCUT2D eigenvalue weighted by Crippen LogP contribution is -2.07. The second kappa shape index (κ2) is 4.95. The molecule has 1 aromatic rings. The normalized spacial score (nSPS) is 9.33. The number of anilines is 1. The van der Waals surface area contributed by atoms with E-state index in [1.54, 1.807) is 24.3 Å². The Hall–Kier alpha value is -2.10. The second-order valence-electron chi connectivity index (χ2n) is 2.96. The zero-order chi connectivity index (χ0) is 11.3. The van der Waals surface area contributed by atoms with Gasteiger partial charge in [0.1, 0.15) is 0 Å². The van der Waals surface area contributed by atoms with Crippen LogP contribution < -0.4 is 5.32 Å². The van der Waals surface area contributed by atoms with E-state index in [0.29, 0.717) is 11.3 Å². The number of nitrogens with one attached hydrogen (secondary N) is 1. The van der Waals surface area contributed by atoms with Crippen LogP contribution in [0.25, 0.3) is 0 Å². The van der Waals surface area contributed by atoms with Gasteiger partial charge in [-0.3, -0.25) is 9.59 Å². The fourth-order valence-electron chi connectivity index (χ4n) is 1.07. The maximum absolute atomic E-state index is 10.9. The molecule has 0 aromatic heterocycles. The smallest absolute Gasteiger partial charge is 0.307 e. The van der Waals surface area contributed by atoms with E-state index < -0.39 is 5.97 Å². The first-order valence-electron chi connectivity index (χ1n) is 4.36. The van der Waals surface area contributed by atoms with Gasteiger partial charge in [-0.1, -0.05) is 18.7 Å². The van der Waals surface area contributed by atoms with E-state index in [1.807, 2.05) is 0 Å². The van der Waals surface area contributed by atoms with Gasteiger partial charge in [-0.15, -0.1) is 0 Å². The molecule has 0 spiro atoms. The lowest BCUT2D eigenvalue weighted by Gasteiger charge is -2.02. The fraction of sp³-hybridized carbons (Fsp3) is 0.0909. The van der Waals surface area contributed by atoms with Crippen LogP contribution in [-0.4, -0.2) is 17.0 Å². The molecular weight excluding hydrogens is 194 g/mol. The average Bonchev–Trinajstić information content (AvgIpc) is 2.20. The third-order valence-corrected chi connectivity index (χ3v) is 1.76. The third kappa shape index (κ3) is 3.64. The van der Waals surface area contributed by atoms with Crippen molar-refractivity contribution in [3.8, 4) is 0 Å². The van der Waals surface area contributed by atoms with Crippen molar-refractivity contribution in [2.24, 2.45) is 0 Å². The number of hydrogen-bond acceptors (Lipinski definition) is 2. The Bertz CT molecular complexity index is 381. The summed E-state index contributed by atoms with van der Waals surface area (Å²) < 4.78 is 0. The van der Waals surface area contributed by atoms with Crippen LogP contribution in [0.1, 0.15) is 5.56 Å². The number of carboxylic acids is 1. The molecule has 4 heteroatoms. The van der Waals surface area contributed by atoms with E-state index in [2.05, 4.69) is 11.9 Å². The summed E-state index contributed by atoms with van der Waals surface area (Å²) >= 11 is 0. The zero-order valence-electron chi connectivity index (χ0n) is 8.06. The first kappa shape index (κ1) is 11.0. The van der Waals surface area contributed by atoms with Crippen LogP contribution in [0.2, 0.25) is 0 Å². The molecule has 0 saturated heterocycles. The summed E-state index contributed by atoms with van der Waals surface area (Å²) in [6, 6.07) is 6.62. The number of hydrogen-bond donors (Lipinski definition) is 2. The maximum atomic E-state index is 10.9. The molecule has 0 bridgehead atoms. The summed E-state index contributed by atoms with van der Waals surface area (Å²) in [5.41, 5.74) is 1.31. The molecule has 0 heterocycles. The molecule has 15 heavy (non-hydrogen) atoms. The van der Waals surface area contributed by atoms with Crippen LogP contribution >= 0.6 is 0 Å². The van der Waals surface area contributed by atoms with Crippen molar-refractivity contribution in [3.05, 3.63) is 42.5 Å². The molecule has 0 fully saturated rings. The highest BCUT2D eigenvalue weighted by molar-refractivity contribution is 5.98. The standard InChI is InChI=1S/C11H11NO3/c1-2-10(13)12-9-5-3-8(4-6-9)7-11(14)15/h2-6H,1,7H2,(H,12,13)(H,14,15). The van der Waals surface area contributed by atoms with E-state index in [-0.39, 0.29) is 12.3 Å². The summed E-state index contributed by atoms with van der Waals surface area (Å²) in [7, 11) is 0. The molecule has 0 unspecified atom stereocenters. The minimum absolute atomic E-state index is 0.0182. The van der Waals surface area contributed by atoms with Gasteiger partial charge < -0.3 is 10.4 Å². The van der Waals surface area contributed by atoms with Gasteiger partial charge in [0.05, 0.1) is 6.42 Å². The van der Waals surface area contributed by atoms with Crippen molar-refractivity contribution in [1.29, 1.82) is 0 Å². The molecule has 0 aliphatic carbocycles. The van der Waals surface area contributed by atoms with Gasteiger partial charge in [-0.25, -0.2) is 0 Å². The lowest BCUT2D eigenvalue weighted by atomic mass is 10.1. The van der Waals surface area contributed by atoms with E-state index in [1.165, 1.54) is 6.08 Å². The van der Waals surface area contributed by atoms with Crippen molar-refractivity contribution in [3.63, 3.8) is 0 Å². The first-order valence-corrected chi connectivity index (χ1v) is 4.36. The summed E-state index contributed by atoms with van der Waals surface area (Å²) in [5, 5.41) is 11.1. The Kier molecular flexibility index (Phi) is 3.62. The van der Waals surface area contributed by atoms with Gasteiger partial charge in [-0.05, 0) is 23.8 Å².